The van der Waals surface area contributed by atoms with Gasteiger partial charge in [0.25, 0.3) is 5.91 Å². The van der Waals surface area contributed by atoms with Crippen molar-refractivity contribution in [2.75, 3.05) is 11.9 Å². The second-order valence-corrected chi connectivity index (χ2v) is 5.43. The molecule has 0 fully saturated rings. The van der Waals surface area contributed by atoms with Crippen molar-refractivity contribution in [1.82, 2.24) is 15.2 Å². The van der Waals surface area contributed by atoms with Gasteiger partial charge in [-0.2, -0.15) is 13.2 Å². The quantitative estimate of drug-likeness (QED) is 0.766. The van der Waals surface area contributed by atoms with Crippen LogP contribution in [0.4, 0.5) is 18.9 Å². The molecule has 0 radical (unpaired) electrons. The zero-order chi connectivity index (χ0) is 18.0. The molecule has 0 saturated carbocycles. The summed E-state index contributed by atoms with van der Waals surface area (Å²) >= 11 is 5.87. The van der Waals surface area contributed by atoms with Gasteiger partial charge >= 0.3 is 6.18 Å². The summed E-state index contributed by atoms with van der Waals surface area (Å²) in [5.74, 6) is -0.648. The Morgan fingerprint density at radius 2 is 2.04 bits per heavy atom. The molecule has 3 rings (SSSR count). The van der Waals surface area contributed by atoms with Crippen molar-refractivity contribution in [2.24, 2.45) is 0 Å². The molecule has 130 valence electrons. The number of hydrogen-bond acceptors (Lipinski definition) is 4. The highest BCUT2D eigenvalue weighted by molar-refractivity contribution is 6.31. The van der Waals surface area contributed by atoms with E-state index < -0.39 is 24.3 Å². The second kappa shape index (κ2) is 6.60. The normalized spacial score (nSPS) is 11.5. The van der Waals surface area contributed by atoms with Crippen LogP contribution in [0.5, 0.6) is 0 Å². The van der Waals surface area contributed by atoms with Gasteiger partial charge in [0.1, 0.15) is 11.0 Å². The van der Waals surface area contributed by atoms with E-state index in [1.54, 1.807) is 18.2 Å². The molecule has 0 bridgehead atoms. The molecule has 10 heteroatoms. The average Bonchev–Trinajstić information content (AvgIpc) is 2.94. The summed E-state index contributed by atoms with van der Waals surface area (Å²) in [5, 5.41) is 10.3. The molecule has 0 unspecified atom stereocenters. The van der Waals surface area contributed by atoms with E-state index in [2.05, 4.69) is 15.6 Å². The summed E-state index contributed by atoms with van der Waals surface area (Å²) in [6.45, 7) is -0.471. The van der Waals surface area contributed by atoms with Crippen LogP contribution in [0.2, 0.25) is 5.02 Å². The Morgan fingerprint density at radius 1 is 1.24 bits per heavy atom. The van der Waals surface area contributed by atoms with E-state index in [1.807, 2.05) is 0 Å². The molecule has 0 aliphatic rings. The Kier molecular flexibility index (Phi) is 4.49. The van der Waals surface area contributed by atoms with Crippen molar-refractivity contribution in [3.63, 3.8) is 0 Å². The third kappa shape index (κ3) is 4.00. The van der Waals surface area contributed by atoms with E-state index in [4.69, 9.17) is 16.4 Å². The number of benzene rings is 2. The first kappa shape index (κ1) is 17.0. The molecule has 0 aliphatic heterocycles. The maximum Gasteiger partial charge on any atom is 0.416 e. The lowest BCUT2D eigenvalue weighted by Crippen LogP contribution is -2.26. The SMILES string of the molecule is O=C(COn1nnc2ccc(Cl)cc21)Nc1cccc(C(F)(F)F)c1. The highest BCUT2D eigenvalue weighted by Crippen LogP contribution is 2.30. The van der Waals surface area contributed by atoms with Gasteiger partial charge in [-0.1, -0.05) is 22.5 Å². The third-order valence-electron chi connectivity index (χ3n) is 3.17. The first-order chi connectivity index (χ1) is 11.8. The second-order valence-electron chi connectivity index (χ2n) is 5.00. The zero-order valence-corrected chi connectivity index (χ0v) is 13.2. The van der Waals surface area contributed by atoms with E-state index in [1.165, 1.54) is 12.1 Å². The molecule has 1 heterocycles. The van der Waals surface area contributed by atoms with Crippen molar-refractivity contribution in [3.8, 4) is 0 Å². The first-order valence-corrected chi connectivity index (χ1v) is 7.32. The van der Waals surface area contributed by atoms with Crippen molar-refractivity contribution >= 4 is 34.2 Å². The molecule has 2 aromatic carbocycles. The molecule has 25 heavy (non-hydrogen) atoms. The van der Waals surface area contributed by atoms with Crippen LogP contribution in [0.15, 0.2) is 42.5 Å². The molecular formula is C15H10ClF3N4O2. The molecule has 0 aliphatic carbocycles. The number of nitrogens with zero attached hydrogens (tertiary/aromatic N) is 3. The van der Waals surface area contributed by atoms with E-state index in [0.29, 0.717) is 16.1 Å². The Balaban J connectivity index is 1.66. The van der Waals surface area contributed by atoms with Crippen LogP contribution in [-0.4, -0.2) is 27.7 Å². The van der Waals surface area contributed by atoms with Gasteiger partial charge in [0.05, 0.1) is 5.56 Å². The first-order valence-electron chi connectivity index (χ1n) is 6.94. The van der Waals surface area contributed by atoms with Gasteiger partial charge in [-0.15, -0.1) is 5.10 Å². The van der Waals surface area contributed by atoms with Gasteiger partial charge in [0.2, 0.25) is 0 Å². The average molecular weight is 371 g/mol. The number of carbonyl (C=O) groups is 1. The van der Waals surface area contributed by atoms with Gasteiger partial charge in [-0.3, -0.25) is 4.79 Å². The van der Waals surface area contributed by atoms with E-state index in [0.717, 1.165) is 17.0 Å². The molecule has 1 N–H and O–H groups in total. The van der Waals surface area contributed by atoms with Crippen LogP contribution in [0, 0.1) is 0 Å². The molecule has 1 aromatic heterocycles. The lowest BCUT2D eigenvalue weighted by molar-refractivity contribution is -0.137. The molecule has 3 aromatic rings. The van der Waals surface area contributed by atoms with Crippen LogP contribution in [0.1, 0.15) is 5.56 Å². The van der Waals surface area contributed by atoms with Gasteiger partial charge in [-0.25, -0.2) is 0 Å². The topological polar surface area (TPSA) is 69.0 Å². The highest BCUT2D eigenvalue weighted by Gasteiger charge is 2.30. The Bertz CT molecular complexity index is 927. The molecule has 6 nitrogen and oxygen atoms in total. The van der Waals surface area contributed by atoms with Crippen LogP contribution in [0.25, 0.3) is 11.0 Å². The van der Waals surface area contributed by atoms with Crippen LogP contribution < -0.4 is 10.2 Å². The molecule has 1 amide bonds. The molecule has 0 saturated heterocycles. The summed E-state index contributed by atoms with van der Waals surface area (Å²) in [7, 11) is 0. The number of amides is 1. The largest absolute Gasteiger partial charge is 0.416 e. The minimum absolute atomic E-state index is 0.00918. The molecule has 0 spiro atoms. The molecule has 0 atom stereocenters. The van der Waals surface area contributed by atoms with E-state index in [-0.39, 0.29) is 5.69 Å². The Labute approximate surface area is 144 Å². The number of alkyl halides is 3. The van der Waals surface area contributed by atoms with Gasteiger partial charge in [0.15, 0.2) is 6.61 Å². The standard InChI is InChI=1S/C15H10ClF3N4O2/c16-10-4-5-12-13(7-10)23(22-21-12)25-8-14(24)20-11-3-1-2-9(6-11)15(17,18)19/h1-7H,8H2,(H,20,24). The Hall–Kier alpha value is -2.81. The third-order valence-corrected chi connectivity index (χ3v) is 3.40. The van der Waals surface area contributed by atoms with Crippen molar-refractivity contribution < 1.29 is 22.8 Å². The summed E-state index contributed by atoms with van der Waals surface area (Å²) < 4.78 is 38.0. The van der Waals surface area contributed by atoms with Crippen LogP contribution in [-0.2, 0) is 11.0 Å². The summed E-state index contributed by atoms with van der Waals surface area (Å²) in [6, 6.07) is 9.11. The lowest BCUT2D eigenvalue weighted by Gasteiger charge is -2.10. The van der Waals surface area contributed by atoms with Crippen molar-refractivity contribution in [3.05, 3.63) is 53.1 Å². The smallest absolute Gasteiger partial charge is 0.385 e. The highest BCUT2D eigenvalue weighted by atomic mass is 35.5. The number of fused-ring (bicyclic) bond motifs is 1. The minimum atomic E-state index is -4.49. The number of rotatable bonds is 4. The number of halogens is 4. The Morgan fingerprint density at radius 3 is 2.80 bits per heavy atom. The lowest BCUT2D eigenvalue weighted by atomic mass is 10.2. The molecular weight excluding hydrogens is 361 g/mol. The predicted molar refractivity (Wildman–Crippen MR) is 84.1 cm³/mol. The summed E-state index contributed by atoms with van der Waals surface area (Å²) in [5.41, 5.74) is 0.125. The fourth-order valence-corrected chi connectivity index (χ4v) is 2.22. The van der Waals surface area contributed by atoms with Crippen molar-refractivity contribution in [2.45, 2.75) is 6.18 Å². The fraction of sp³-hybridized carbons (Fsp3) is 0.133. The summed E-state index contributed by atoms with van der Waals surface area (Å²) in [4.78, 5) is 18.1. The zero-order valence-electron chi connectivity index (χ0n) is 12.4. The van der Waals surface area contributed by atoms with Gasteiger partial charge in [-0.05, 0) is 41.6 Å². The maximum absolute atomic E-state index is 12.7. The number of hydrogen-bond donors (Lipinski definition) is 1. The predicted octanol–water partition coefficient (Wildman–Crippen LogP) is 3.17. The minimum Gasteiger partial charge on any atom is -0.385 e. The van der Waals surface area contributed by atoms with Gasteiger partial charge < -0.3 is 10.2 Å². The number of carbonyl (C=O) groups excluding carboxylic acids is 1. The van der Waals surface area contributed by atoms with Crippen molar-refractivity contribution in [1.29, 1.82) is 0 Å². The van der Waals surface area contributed by atoms with Crippen LogP contribution in [0.3, 0.4) is 0 Å². The number of nitrogens with one attached hydrogen (secondary N) is 1. The number of anilines is 1. The maximum atomic E-state index is 12.7. The summed E-state index contributed by atoms with van der Waals surface area (Å²) in [6.07, 6.45) is -4.49. The monoisotopic (exact) mass is 370 g/mol. The number of aromatic nitrogens is 3. The van der Waals surface area contributed by atoms with Crippen LogP contribution >= 0.6 is 11.6 Å². The van der Waals surface area contributed by atoms with Gasteiger partial charge in [0, 0.05) is 10.7 Å². The fourth-order valence-electron chi connectivity index (χ4n) is 2.06. The van der Waals surface area contributed by atoms with E-state index in [9.17, 15) is 18.0 Å². The van der Waals surface area contributed by atoms with E-state index >= 15 is 0 Å².